The maximum atomic E-state index is 12.9. The molecule has 3 aromatic rings. The van der Waals surface area contributed by atoms with E-state index in [0.29, 0.717) is 23.4 Å². The fraction of sp³-hybridized carbons (Fsp3) is 0.292. The molecule has 0 saturated carbocycles. The number of ether oxygens (including phenoxy) is 1. The summed E-state index contributed by atoms with van der Waals surface area (Å²) in [7, 11) is 0. The Morgan fingerprint density at radius 3 is 2.73 bits per heavy atom. The molecule has 1 unspecified atom stereocenters. The van der Waals surface area contributed by atoms with Gasteiger partial charge in [-0.05, 0) is 31.0 Å². The molecule has 0 aliphatic carbocycles. The summed E-state index contributed by atoms with van der Waals surface area (Å²) in [5.74, 6) is -0.396. The zero-order valence-electron chi connectivity index (χ0n) is 18.1. The summed E-state index contributed by atoms with van der Waals surface area (Å²) in [6.07, 6.45) is 2.39. The molecule has 0 bridgehead atoms. The van der Waals surface area contributed by atoms with Crippen LogP contribution in [0.1, 0.15) is 53.0 Å². The van der Waals surface area contributed by atoms with Gasteiger partial charge in [-0.15, -0.1) is 5.10 Å². The maximum absolute atomic E-state index is 12.9. The second-order valence-corrected chi connectivity index (χ2v) is 8.25. The van der Waals surface area contributed by atoms with Crippen molar-refractivity contribution in [1.82, 2.24) is 25.2 Å². The van der Waals surface area contributed by atoms with Gasteiger partial charge in [0.1, 0.15) is 24.1 Å². The smallest absolute Gasteiger partial charge is 0.255 e. The summed E-state index contributed by atoms with van der Waals surface area (Å²) in [6, 6.07) is 14.7. The number of hydrogen-bond donors (Lipinski definition) is 1. The van der Waals surface area contributed by atoms with Crippen LogP contribution in [-0.2, 0) is 22.7 Å². The summed E-state index contributed by atoms with van der Waals surface area (Å²) in [5.41, 5.74) is 3.04. The minimum atomic E-state index is -0.658. The Kier molecular flexibility index (Phi) is 5.37. The molecule has 2 aliphatic rings. The van der Waals surface area contributed by atoms with E-state index in [1.54, 1.807) is 22.9 Å². The molecular formula is C24H23N5O4. The Hall–Kier alpha value is -4.01. The van der Waals surface area contributed by atoms with Crippen molar-refractivity contribution < 1.29 is 19.1 Å². The van der Waals surface area contributed by atoms with Gasteiger partial charge in [0.25, 0.3) is 5.91 Å². The van der Waals surface area contributed by atoms with Crippen LogP contribution >= 0.6 is 0 Å². The standard InChI is InChI=1S/C24H23N5O4/c1-15(16-6-3-2-4-7-16)29-12-17(26-27-29)14-33-21-9-5-8-18-19(21)13-28(24(18)32)20-10-11-22(30)25-23(20)31/h2-9,12,15,20H,10-11,13-14H2,1H3,(H,25,30,31)/t15-,20?/m0/s1. The molecule has 168 valence electrons. The predicted molar refractivity (Wildman–Crippen MR) is 117 cm³/mol. The largest absolute Gasteiger partial charge is 0.487 e. The number of aromatic nitrogens is 3. The van der Waals surface area contributed by atoms with Gasteiger partial charge in [0.2, 0.25) is 11.8 Å². The molecule has 1 fully saturated rings. The molecule has 33 heavy (non-hydrogen) atoms. The number of carbonyl (C=O) groups excluding carboxylic acids is 3. The normalized spacial score (nSPS) is 18.8. The number of amides is 3. The number of fused-ring (bicyclic) bond motifs is 1. The lowest BCUT2D eigenvalue weighted by atomic mass is 10.0. The highest BCUT2D eigenvalue weighted by Crippen LogP contribution is 2.33. The van der Waals surface area contributed by atoms with Gasteiger partial charge >= 0.3 is 0 Å². The number of nitrogens with zero attached hydrogens (tertiary/aromatic N) is 4. The lowest BCUT2D eigenvalue weighted by Gasteiger charge is -2.29. The van der Waals surface area contributed by atoms with Crippen LogP contribution in [0.25, 0.3) is 0 Å². The van der Waals surface area contributed by atoms with E-state index in [9.17, 15) is 14.4 Å². The van der Waals surface area contributed by atoms with Gasteiger partial charge in [0, 0.05) is 17.5 Å². The Morgan fingerprint density at radius 2 is 1.94 bits per heavy atom. The third-order valence-electron chi connectivity index (χ3n) is 6.15. The van der Waals surface area contributed by atoms with Crippen molar-refractivity contribution in [2.75, 3.05) is 0 Å². The Balaban J connectivity index is 1.29. The predicted octanol–water partition coefficient (Wildman–Crippen LogP) is 2.23. The Morgan fingerprint density at radius 1 is 1.12 bits per heavy atom. The van der Waals surface area contributed by atoms with Crippen LogP contribution < -0.4 is 10.1 Å². The van der Waals surface area contributed by atoms with Crippen LogP contribution in [-0.4, -0.2) is 43.7 Å². The number of piperidine rings is 1. The van der Waals surface area contributed by atoms with Crippen LogP contribution in [0.3, 0.4) is 0 Å². The molecule has 0 radical (unpaired) electrons. The highest BCUT2D eigenvalue weighted by Gasteiger charge is 2.40. The first-order valence-corrected chi connectivity index (χ1v) is 10.9. The first-order valence-electron chi connectivity index (χ1n) is 10.9. The van der Waals surface area contributed by atoms with Crippen molar-refractivity contribution in [2.45, 2.75) is 45.0 Å². The molecule has 2 aromatic carbocycles. The zero-order chi connectivity index (χ0) is 22.9. The van der Waals surface area contributed by atoms with Gasteiger partial charge in [0.15, 0.2) is 0 Å². The topological polar surface area (TPSA) is 106 Å². The van der Waals surface area contributed by atoms with Gasteiger partial charge in [-0.1, -0.05) is 41.6 Å². The summed E-state index contributed by atoms with van der Waals surface area (Å²) in [5, 5.41) is 10.8. The second kappa shape index (κ2) is 8.50. The van der Waals surface area contributed by atoms with Crippen molar-refractivity contribution in [3.63, 3.8) is 0 Å². The molecule has 3 amide bonds. The number of nitrogens with one attached hydrogen (secondary N) is 1. The first kappa shape index (κ1) is 20.9. The van der Waals surface area contributed by atoms with E-state index >= 15 is 0 Å². The molecule has 1 aromatic heterocycles. The number of benzene rings is 2. The van der Waals surface area contributed by atoms with Crippen molar-refractivity contribution in [1.29, 1.82) is 0 Å². The molecule has 9 heteroatoms. The van der Waals surface area contributed by atoms with Crippen LogP contribution in [0.2, 0.25) is 0 Å². The summed E-state index contributed by atoms with van der Waals surface area (Å²) in [6.45, 7) is 2.51. The number of carbonyl (C=O) groups is 3. The number of rotatable bonds is 6. The number of imide groups is 1. The lowest BCUT2D eigenvalue weighted by Crippen LogP contribution is -2.52. The molecule has 9 nitrogen and oxygen atoms in total. The van der Waals surface area contributed by atoms with E-state index in [1.807, 2.05) is 43.5 Å². The van der Waals surface area contributed by atoms with Crippen LogP contribution in [0.4, 0.5) is 0 Å². The average Bonchev–Trinajstić information content (AvgIpc) is 3.43. The van der Waals surface area contributed by atoms with Crippen LogP contribution in [0, 0.1) is 0 Å². The third kappa shape index (κ3) is 3.97. The Labute approximate surface area is 190 Å². The molecule has 5 rings (SSSR count). The average molecular weight is 445 g/mol. The minimum Gasteiger partial charge on any atom is -0.487 e. The molecular weight excluding hydrogens is 422 g/mol. The van der Waals surface area contributed by atoms with Gasteiger partial charge < -0.3 is 9.64 Å². The molecule has 0 spiro atoms. The molecule has 3 heterocycles. The molecule has 2 atom stereocenters. The quantitative estimate of drug-likeness (QED) is 0.583. The summed E-state index contributed by atoms with van der Waals surface area (Å²) < 4.78 is 7.80. The van der Waals surface area contributed by atoms with Crippen molar-refractivity contribution >= 4 is 17.7 Å². The van der Waals surface area contributed by atoms with Crippen LogP contribution in [0.5, 0.6) is 5.75 Å². The fourth-order valence-electron chi connectivity index (χ4n) is 4.30. The summed E-state index contributed by atoms with van der Waals surface area (Å²) in [4.78, 5) is 38.2. The minimum absolute atomic E-state index is 0.0353. The molecule has 2 aliphatic heterocycles. The van der Waals surface area contributed by atoms with Crippen molar-refractivity contribution in [3.8, 4) is 5.75 Å². The van der Waals surface area contributed by atoms with Gasteiger partial charge in [-0.25, -0.2) is 4.68 Å². The fourth-order valence-corrected chi connectivity index (χ4v) is 4.30. The zero-order valence-corrected chi connectivity index (χ0v) is 18.1. The van der Waals surface area contributed by atoms with Crippen molar-refractivity contribution in [3.05, 3.63) is 77.1 Å². The molecule has 1 N–H and O–H groups in total. The highest BCUT2D eigenvalue weighted by molar-refractivity contribution is 6.05. The van der Waals surface area contributed by atoms with Gasteiger partial charge in [-0.2, -0.15) is 0 Å². The van der Waals surface area contributed by atoms with E-state index in [-0.39, 0.29) is 37.4 Å². The molecule has 1 saturated heterocycles. The van der Waals surface area contributed by atoms with E-state index < -0.39 is 11.9 Å². The highest BCUT2D eigenvalue weighted by atomic mass is 16.5. The second-order valence-electron chi connectivity index (χ2n) is 8.25. The van der Waals surface area contributed by atoms with Gasteiger partial charge in [-0.3, -0.25) is 19.7 Å². The maximum Gasteiger partial charge on any atom is 0.255 e. The summed E-state index contributed by atoms with van der Waals surface area (Å²) >= 11 is 0. The van der Waals surface area contributed by atoms with Gasteiger partial charge in [0.05, 0.1) is 18.8 Å². The lowest BCUT2D eigenvalue weighted by molar-refractivity contribution is -0.136. The first-order chi connectivity index (χ1) is 16.0. The van der Waals surface area contributed by atoms with E-state index in [1.165, 1.54) is 4.90 Å². The van der Waals surface area contributed by atoms with E-state index in [2.05, 4.69) is 15.6 Å². The van der Waals surface area contributed by atoms with Crippen LogP contribution in [0.15, 0.2) is 54.7 Å². The third-order valence-corrected chi connectivity index (χ3v) is 6.15. The SMILES string of the molecule is C[C@@H](c1ccccc1)n1cc(COc2cccc3c2CN(C2CCC(=O)NC2=O)C3=O)nn1. The van der Waals surface area contributed by atoms with E-state index in [0.717, 1.165) is 11.1 Å². The van der Waals surface area contributed by atoms with Crippen molar-refractivity contribution in [2.24, 2.45) is 0 Å². The number of hydrogen-bond acceptors (Lipinski definition) is 6. The van der Waals surface area contributed by atoms with E-state index in [4.69, 9.17) is 4.74 Å². The monoisotopic (exact) mass is 445 g/mol. The Bertz CT molecular complexity index is 1220.